The Bertz CT molecular complexity index is 789. The summed E-state index contributed by atoms with van der Waals surface area (Å²) in [5, 5.41) is 42.6. The van der Waals surface area contributed by atoms with Gasteiger partial charge < -0.3 is 20.4 Å². The van der Waals surface area contributed by atoms with Crippen LogP contribution < -0.4 is 0 Å². The van der Waals surface area contributed by atoms with E-state index in [1.54, 1.807) is 0 Å². The molecule has 0 aliphatic heterocycles. The second-order valence-corrected chi connectivity index (χ2v) is 12.3. The van der Waals surface area contributed by atoms with Crippen molar-refractivity contribution >= 4 is 5.97 Å². The summed E-state index contributed by atoms with van der Waals surface area (Å²) in [5.41, 5.74) is -0.245. The van der Waals surface area contributed by atoms with Crippen LogP contribution in [-0.4, -0.2) is 44.7 Å². The molecule has 4 N–H and O–H groups in total. The Balaban J connectivity index is 1.48. The van der Waals surface area contributed by atoms with Crippen molar-refractivity contribution < 1.29 is 29.3 Å². The SMILES string of the molecule is [2H]C([2H])([2H])[C@H](CCC[C@@H](C)[C@H]1CC[C@H]2[C@@H]3[C@H](O)C[C@@H]4C[C@H](O)CC[C@]4(C)[C@H]3C[C@H](O)[C@]12C)C(=O)O. The molecule has 4 fully saturated rings. The van der Waals surface area contributed by atoms with Crippen LogP contribution in [0.25, 0.3) is 0 Å². The minimum Gasteiger partial charge on any atom is -0.481 e. The van der Waals surface area contributed by atoms with Crippen molar-refractivity contribution in [2.24, 2.45) is 52.3 Å². The summed E-state index contributed by atoms with van der Waals surface area (Å²) >= 11 is 0. The second kappa shape index (κ2) is 8.85. The van der Waals surface area contributed by atoms with E-state index in [-0.39, 0.29) is 52.9 Å². The topological polar surface area (TPSA) is 98.0 Å². The molecule has 32 heavy (non-hydrogen) atoms. The third-order valence-electron chi connectivity index (χ3n) is 11.0. The Morgan fingerprint density at radius 2 is 1.81 bits per heavy atom. The van der Waals surface area contributed by atoms with Crippen LogP contribution in [0.2, 0.25) is 0 Å². The molecule has 4 aliphatic rings. The van der Waals surface area contributed by atoms with Crippen LogP contribution in [0.15, 0.2) is 0 Å². The molecular formula is C27H46O5. The molecule has 0 spiro atoms. The van der Waals surface area contributed by atoms with E-state index in [0.717, 1.165) is 44.9 Å². The van der Waals surface area contributed by atoms with Gasteiger partial charge >= 0.3 is 5.97 Å². The summed E-state index contributed by atoms with van der Waals surface area (Å²) in [7, 11) is 0. The number of carbonyl (C=O) groups is 1. The van der Waals surface area contributed by atoms with Gasteiger partial charge in [-0.1, -0.05) is 40.5 Å². The number of carboxylic acids is 1. The number of hydrogen-bond acceptors (Lipinski definition) is 4. The number of fused-ring (bicyclic) bond motifs is 5. The monoisotopic (exact) mass is 453 g/mol. The third kappa shape index (κ3) is 3.84. The number of aliphatic hydroxyl groups is 3. The predicted molar refractivity (Wildman–Crippen MR) is 124 cm³/mol. The zero-order valence-electron chi connectivity index (χ0n) is 23.0. The van der Waals surface area contributed by atoms with Crippen molar-refractivity contribution in [3.8, 4) is 0 Å². The van der Waals surface area contributed by atoms with Crippen LogP contribution in [-0.2, 0) is 4.79 Å². The minimum atomic E-state index is -2.49. The van der Waals surface area contributed by atoms with Gasteiger partial charge in [-0.25, -0.2) is 0 Å². The number of hydrogen-bond donors (Lipinski definition) is 4. The lowest BCUT2D eigenvalue weighted by Crippen LogP contribution is -2.62. The second-order valence-electron chi connectivity index (χ2n) is 12.3. The molecule has 5 heteroatoms. The van der Waals surface area contributed by atoms with Gasteiger partial charge in [0, 0.05) is 4.11 Å². The van der Waals surface area contributed by atoms with E-state index in [0.29, 0.717) is 18.8 Å². The first-order valence-corrected chi connectivity index (χ1v) is 13.0. The average Bonchev–Trinajstić information content (AvgIpc) is 3.10. The van der Waals surface area contributed by atoms with Gasteiger partial charge in [0.25, 0.3) is 0 Å². The highest BCUT2D eigenvalue weighted by Gasteiger charge is 2.65. The highest BCUT2D eigenvalue weighted by atomic mass is 16.4. The molecule has 4 rings (SSSR count). The van der Waals surface area contributed by atoms with E-state index in [9.17, 15) is 25.2 Å². The highest BCUT2D eigenvalue weighted by Crippen LogP contribution is 2.68. The van der Waals surface area contributed by atoms with Crippen LogP contribution in [0.3, 0.4) is 0 Å². The number of aliphatic hydroxyl groups excluding tert-OH is 3. The van der Waals surface area contributed by atoms with Crippen LogP contribution >= 0.6 is 0 Å². The fraction of sp³-hybridized carbons (Fsp3) is 0.963. The zero-order chi connectivity index (χ0) is 25.9. The summed E-state index contributed by atoms with van der Waals surface area (Å²) in [4.78, 5) is 11.4. The summed E-state index contributed by atoms with van der Waals surface area (Å²) in [6.45, 7) is 4.22. The molecule has 0 radical (unpaired) electrons. The van der Waals surface area contributed by atoms with Gasteiger partial charge in [-0.3, -0.25) is 4.79 Å². The molecule has 0 aromatic carbocycles. The molecule has 5 nitrogen and oxygen atoms in total. The van der Waals surface area contributed by atoms with Crippen molar-refractivity contribution in [1.82, 2.24) is 0 Å². The van der Waals surface area contributed by atoms with E-state index in [1.807, 2.05) is 0 Å². The molecule has 0 aromatic heterocycles. The maximum atomic E-state index is 11.6. The Kier molecular flexibility index (Phi) is 5.73. The Morgan fingerprint density at radius 1 is 1.06 bits per heavy atom. The van der Waals surface area contributed by atoms with E-state index in [4.69, 9.17) is 4.11 Å². The van der Waals surface area contributed by atoms with Crippen molar-refractivity contribution in [1.29, 1.82) is 0 Å². The number of rotatable bonds is 6. The standard InChI is InChI=1S/C27H46O5/c1-15(6-5-7-16(2)25(31)32)19-8-9-20-24-21(14-23(30)27(19,20)4)26(3)11-10-18(28)12-17(26)13-22(24)29/h15-24,28-30H,5-14H2,1-4H3,(H,31,32)/t15-,16-,17+,18-,19-,20+,21+,22-,23+,24+,26+,27-/m1/s1/i2D3. The molecule has 0 heterocycles. The number of carboxylic acid groups (broad SMARTS) is 1. The zero-order valence-corrected chi connectivity index (χ0v) is 20.0. The molecule has 4 aliphatic carbocycles. The summed E-state index contributed by atoms with van der Waals surface area (Å²) in [5.74, 6) is -1.09. The highest BCUT2D eigenvalue weighted by molar-refractivity contribution is 5.69. The molecule has 184 valence electrons. The maximum absolute atomic E-state index is 11.6. The maximum Gasteiger partial charge on any atom is 0.306 e. The average molecular weight is 454 g/mol. The molecule has 0 bridgehead atoms. The quantitative estimate of drug-likeness (QED) is 0.475. The van der Waals surface area contributed by atoms with Crippen LogP contribution in [0.4, 0.5) is 0 Å². The first kappa shape index (κ1) is 20.7. The summed E-state index contributed by atoms with van der Waals surface area (Å²) in [6.07, 6.45) is 6.21. The third-order valence-corrected chi connectivity index (χ3v) is 11.0. The normalized spacial score (nSPS) is 51.9. The van der Waals surface area contributed by atoms with Gasteiger partial charge in [0.15, 0.2) is 0 Å². The molecule has 4 saturated carbocycles. The molecule has 0 aromatic rings. The van der Waals surface area contributed by atoms with Gasteiger partial charge in [-0.05, 0) is 97.7 Å². The Labute approximate surface area is 198 Å². The summed E-state index contributed by atoms with van der Waals surface area (Å²) in [6, 6.07) is 0. The van der Waals surface area contributed by atoms with Gasteiger partial charge in [-0.2, -0.15) is 0 Å². The minimum absolute atomic E-state index is 0.0518. The molecule has 0 unspecified atom stereocenters. The van der Waals surface area contributed by atoms with Gasteiger partial charge in [-0.15, -0.1) is 0 Å². The number of aliphatic carboxylic acids is 1. The molecule has 0 saturated heterocycles. The molecule has 12 atom stereocenters. The van der Waals surface area contributed by atoms with Crippen molar-refractivity contribution in [3.63, 3.8) is 0 Å². The molecule has 0 amide bonds. The van der Waals surface area contributed by atoms with Crippen molar-refractivity contribution in [2.75, 3.05) is 0 Å². The predicted octanol–water partition coefficient (Wildman–Crippen LogP) is 4.47. The fourth-order valence-electron chi connectivity index (χ4n) is 9.10. The van der Waals surface area contributed by atoms with E-state index in [1.165, 1.54) is 0 Å². The van der Waals surface area contributed by atoms with Gasteiger partial charge in [0.1, 0.15) is 0 Å². The lowest BCUT2D eigenvalue weighted by Gasteiger charge is -2.63. The van der Waals surface area contributed by atoms with Gasteiger partial charge in [0.05, 0.1) is 24.2 Å². The lowest BCUT2D eigenvalue weighted by molar-refractivity contribution is -0.207. The smallest absolute Gasteiger partial charge is 0.306 e. The molecular weight excluding hydrogens is 404 g/mol. The fourth-order valence-corrected chi connectivity index (χ4v) is 9.10. The van der Waals surface area contributed by atoms with E-state index >= 15 is 0 Å². The van der Waals surface area contributed by atoms with Crippen molar-refractivity contribution in [3.05, 3.63) is 0 Å². The van der Waals surface area contributed by atoms with Gasteiger partial charge in [0.2, 0.25) is 0 Å². The van der Waals surface area contributed by atoms with E-state index < -0.39 is 30.9 Å². The Morgan fingerprint density at radius 3 is 2.50 bits per heavy atom. The van der Waals surface area contributed by atoms with Crippen LogP contribution in [0.5, 0.6) is 0 Å². The van der Waals surface area contributed by atoms with Crippen molar-refractivity contribution in [2.45, 2.75) is 110 Å². The lowest BCUT2D eigenvalue weighted by atomic mass is 9.43. The Hall–Kier alpha value is -0.650. The summed E-state index contributed by atoms with van der Waals surface area (Å²) < 4.78 is 22.6. The largest absolute Gasteiger partial charge is 0.481 e. The van der Waals surface area contributed by atoms with Crippen LogP contribution in [0.1, 0.15) is 95.9 Å². The first-order valence-electron chi connectivity index (χ1n) is 14.5. The van der Waals surface area contributed by atoms with Crippen LogP contribution in [0, 0.1) is 52.3 Å². The van der Waals surface area contributed by atoms with E-state index in [2.05, 4.69) is 20.8 Å². The first-order chi connectivity index (χ1) is 16.2.